The second-order valence-corrected chi connectivity index (χ2v) is 10.7. The van der Waals surface area contributed by atoms with Gasteiger partial charge in [0.2, 0.25) is 17.6 Å². The van der Waals surface area contributed by atoms with E-state index in [4.69, 9.17) is 9.26 Å². The Hall–Kier alpha value is -3.52. The van der Waals surface area contributed by atoms with E-state index in [2.05, 4.69) is 53.3 Å². The average Bonchev–Trinajstić information content (AvgIpc) is 3.33. The first-order valence-corrected chi connectivity index (χ1v) is 12.9. The predicted octanol–water partition coefficient (Wildman–Crippen LogP) is 5.37. The third kappa shape index (κ3) is 6.63. The number of aromatic nitrogens is 2. The fraction of sp³-hybridized carbons (Fsp3) is 0.448. The van der Waals surface area contributed by atoms with Crippen molar-refractivity contribution in [1.82, 2.24) is 15.0 Å². The number of hydrogen-bond donors (Lipinski definition) is 1. The van der Waals surface area contributed by atoms with Crippen molar-refractivity contribution in [2.75, 3.05) is 25.0 Å². The van der Waals surface area contributed by atoms with E-state index in [1.807, 2.05) is 19.1 Å². The van der Waals surface area contributed by atoms with Gasteiger partial charge in [0, 0.05) is 17.8 Å². The number of ether oxygens (including phenoxy) is 1. The van der Waals surface area contributed by atoms with Crippen molar-refractivity contribution < 1.29 is 18.8 Å². The second kappa shape index (κ2) is 11.3. The van der Waals surface area contributed by atoms with E-state index >= 15 is 0 Å². The quantitative estimate of drug-likeness (QED) is 0.432. The van der Waals surface area contributed by atoms with Crippen molar-refractivity contribution in [3.63, 3.8) is 0 Å². The van der Waals surface area contributed by atoms with Gasteiger partial charge in [0.05, 0.1) is 24.6 Å². The Morgan fingerprint density at radius 1 is 1.16 bits per heavy atom. The van der Waals surface area contributed by atoms with Gasteiger partial charge in [0.25, 0.3) is 0 Å². The number of piperidine rings is 1. The minimum atomic E-state index is -0.363. The lowest BCUT2D eigenvalue weighted by Crippen LogP contribution is -2.40. The van der Waals surface area contributed by atoms with E-state index in [1.54, 1.807) is 25.1 Å². The third-order valence-corrected chi connectivity index (χ3v) is 6.71. The highest BCUT2D eigenvalue weighted by atomic mass is 16.5. The molecule has 1 saturated heterocycles. The molecule has 1 N–H and O–H groups in total. The molecule has 1 unspecified atom stereocenters. The molecule has 1 fully saturated rings. The normalized spacial score (nSPS) is 16.4. The topological polar surface area (TPSA) is 97.6 Å². The number of carbonyl (C=O) groups excluding carboxylic acids is 2. The van der Waals surface area contributed by atoms with Crippen LogP contribution >= 0.6 is 0 Å². The lowest BCUT2D eigenvalue weighted by Gasteiger charge is -2.31. The predicted molar refractivity (Wildman–Crippen MR) is 142 cm³/mol. The van der Waals surface area contributed by atoms with Crippen LogP contribution < -0.4 is 5.32 Å². The lowest BCUT2D eigenvalue weighted by molar-refractivity contribution is -0.121. The second-order valence-electron chi connectivity index (χ2n) is 10.7. The molecule has 4 rings (SSSR count). The summed E-state index contributed by atoms with van der Waals surface area (Å²) in [5, 5.41) is 7.20. The summed E-state index contributed by atoms with van der Waals surface area (Å²) in [6, 6.07) is 13.4. The summed E-state index contributed by atoms with van der Waals surface area (Å²) in [4.78, 5) is 31.8. The molecular weight excluding hydrogens is 468 g/mol. The van der Waals surface area contributed by atoms with Crippen molar-refractivity contribution in [3.8, 4) is 11.4 Å². The first-order chi connectivity index (χ1) is 17.6. The molecule has 0 bridgehead atoms. The highest BCUT2D eigenvalue weighted by molar-refractivity contribution is 5.95. The van der Waals surface area contributed by atoms with Crippen molar-refractivity contribution in [2.24, 2.45) is 5.92 Å². The molecule has 0 spiro atoms. The Kier molecular flexibility index (Phi) is 8.07. The van der Waals surface area contributed by atoms with Gasteiger partial charge in [-0.1, -0.05) is 50.2 Å². The molecule has 8 heteroatoms. The maximum absolute atomic E-state index is 13.0. The van der Waals surface area contributed by atoms with E-state index in [0.717, 1.165) is 30.5 Å². The van der Waals surface area contributed by atoms with E-state index in [0.29, 0.717) is 42.7 Å². The zero-order valence-corrected chi connectivity index (χ0v) is 22.3. The van der Waals surface area contributed by atoms with Gasteiger partial charge in [-0.2, -0.15) is 4.98 Å². The summed E-state index contributed by atoms with van der Waals surface area (Å²) in [7, 11) is 0. The Morgan fingerprint density at radius 3 is 2.59 bits per heavy atom. The minimum absolute atomic E-state index is 0.0261. The summed E-state index contributed by atoms with van der Waals surface area (Å²) in [5.74, 6) is 0.578. The monoisotopic (exact) mass is 504 g/mol. The molecule has 1 aromatic heterocycles. The van der Waals surface area contributed by atoms with Crippen LogP contribution in [0.1, 0.15) is 67.9 Å². The van der Waals surface area contributed by atoms with Crippen LogP contribution in [0, 0.1) is 12.8 Å². The van der Waals surface area contributed by atoms with E-state index < -0.39 is 0 Å². The molecule has 37 heavy (non-hydrogen) atoms. The average molecular weight is 505 g/mol. The number of anilines is 1. The van der Waals surface area contributed by atoms with Gasteiger partial charge >= 0.3 is 5.97 Å². The van der Waals surface area contributed by atoms with Crippen molar-refractivity contribution in [1.29, 1.82) is 0 Å². The van der Waals surface area contributed by atoms with Crippen LogP contribution in [0.4, 0.5) is 5.69 Å². The van der Waals surface area contributed by atoms with Gasteiger partial charge < -0.3 is 14.6 Å². The largest absolute Gasteiger partial charge is 0.462 e. The van der Waals surface area contributed by atoms with Crippen molar-refractivity contribution in [2.45, 2.75) is 59.4 Å². The van der Waals surface area contributed by atoms with Gasteiger partial charge in [-0.3, -0.25) is 9.69 Å². The summed E-state index contributed by atoms with van der Waals surface area (Å²) in [5.41, 5.74) is 4.26. The summed E-state index contributed by atoms with van der Waals surface area (Å²) >= 11 is 0. The number of amides is 1. The first kappa shape index (κ1) is 26.5. The van der Waals surface area contributed by atoms with Gasteiger partial charge in [0.15, 0.2) is 0 Å². The zero-order chi connectivity index (χ0) is 26.6. The van der Waals surface area contributed by atoms with Crippen LogP contribution in [0.2, 0.25) is 0 Å². The van der Waals surface area contributed by atoms with E-state index in [-0.39, 0.29) is 23.2 Å². The van der Waals surface area contributed by atoms with Crippen LogP contribution in [0.5, 0.6) is 0 Å². The maximum Gasteiger partial charge on any atom is 0.338 e. The third-order valence-electron chi connectivity index (χ3n) is 6.71. The molecule has 3 aromatic rings. The van der Waals surface area contributed by atoms with Crippen LogP contribution in [0.3, 0.4) is 0 Å². The molecule has 0 aliphatic carbocycles. The molecular formula is C29H36N4O4. The number of likely N-dealkylation sites (tertiary alicyclic amines) is 1. The van der Waals surface area contributed by atoms with Crippen LogP contribution in [0.15, 0.2) is 47.0 Å². The number of benzene rings is 2. The summed E-state index contributed by atoms with van der Waals surface area (Å²) < 4.78 is 10.6. The molecule has 0 saturated carbocycles. The Bertz CT molecular complexity index is 1240. The molecule has 8 nitrogen and oxygen atoms in total. The fourth-order valence-corrected chi connectivity index (χ4v) is 4.54. The molecule has 1 aliphatic heterocycles. The number of rotatable bonds is 7. The molecule has 1 aliphatic rings. The molecule has 196 valence electrons. The highest BCUT2D eigenvalue weighted by Gasteiger charge is 2.27. The zero-order valence-electron chi connectivity index (χ0n) is 22.3. The first-order valence-electron chi connectivity index (χ1n) is 12.9. The van der Waals surface area contributed by atoms with Crippen molar-refractivity contribution >= 4 is 17.6 Å². The van der Waals surface area contributed by atoms with Gasteiger partial charge in [0.1, 0.15) is 0 Å². The Balaban J connectivity index is 1.35. The Morgan fingerprint density at radius 2 is 1.92 bits per heavy atom. The lowest BCUT2D eigenvalue weighted by atomic mass is 9.87. The summed E-state index contributed by atoms with van der Waals surface area (Å²) in [6.07, 6.45) is 1.73. The smallest absolute Gasteiger partial charge is 0.338 e. The van der Waals surface area contributed by atoms with Crippen LogP contribution in [-0.2, 0) is 21.5 Å². The molecule has 1 atom stereocenters. The van der Waals surface area contributed by atoms with Crippen LogP contribution in [0.25, 0.3) is 11.4 Å². The fourth-order valence-electron chi connectivity index (χ4n) is 4.54. The number of esters is 1. The van der Waals surface area contributed by atoms with Crippen LogP contribution in [-0.4, -0.2) is 46.6 Å². The summed E-state index contributed by atoms with van der Waals surface area (Å²) in [6.45, 7) is 12.5. The van der Waals surface area contributed by atoms with Gasteiger partial charge in [-0.25, -0.2) is 4.79 Å². The van der Waals surface area contributed by atoms with E-state index in [1.165, 1.54) is 5.56 Å². The number of nitrogens with zero attached hydrogens (tertiary/aromatic N) is 3. The number of nitrogens with one attached hydrogen (secondary N) is 1. The Labute approximate surface area is 218 Å². The van der Waals surface area contributed by atoms with Crippen molar-refractivity contribution in [3.05, 3.63) is 65.0 Å². The van der Waals surface area contributed by atoms with Gasteiger partial charge in [-0.15, -0.1) is 0 Å². The number of aryl methyl sites for hydroxylation is 1. The highest BCUT2D eigenvalue weighted by Crippen LogP contribution is 2.26. The minimum Gasteiger partial charge on any atom is -0.462 e. The molecule has 0 radical (unpaired) electrons. The molecule has 2 heterocycles. The number of carbonyl (C=O) groups is 2. The molecule has 2 aromatic carbocycles. The molecule has 1 amide bonds. The maximum atomic E-state index is 13.0. The number of hydrogen-bond acceptors (Lipinski definition) is 7. The standard InChI is InChI=1S/C29H36N4O4/c1-6-36-28(35)21-11-14-24(19(2)16-21)30-27(34)22-8-7-15-33(17-22)18-25-31-26(32-37-25)20-9-12-23(13-10-20)29(3,4)5/h9-14,16,22H,6-8,15,17-18H2,1-5H3,(H,30,34). The SMILES string of the molecule is CCOC(=O)c1ccc(NC(=O)C2CCCN(Cc3nc(-c4ccc(C(C)(C)C)cc4)no3)C2)c(C)c1. The van der Waals surface area contributed by atoms with Gasteiger partial charge in [-0.05, 0) is 68.0 Å². The van der Waals surface area contributed by atoms with E-state index in [9.17, 15) is 9.59 Å².